The Morgan fingerprint density at radius 1 is 1.30 bits per heavy atom. The molecule has 0 saturated carbocycles. The van der Waals surface area contributed by atoms with E-state index in [0.29, 0.717) is 22.8 Å². The number of carbonyl (C=O) groups excluding carboxylic acids is 2. The number of H-pyrrole nitrogens is 1. The van der Waals surface area contributed by atoms with E-state index in [1.165, 1.54) is 12.3 Å². The Morgan fingerprint density at radius 3 is 2.70 bits per heavy atom. The van der Waals surface area contributed by atoms with Crippen molar-refractivity contribution < 1.29 is 9.59 Å². The predicted octanol–water partition coefficient (Wildman–Crippen LogP) is 2.70. The summed E-state index contributed by atoms with van der Waals surface area (Å²) in [4.78, 5) is 28.7. The highest BCUT2D eigenvalue weighted by molar-refractivity contribution is 7.99. The molecule has 120 valence electrons. The summed E-state index contributed by atoms with van der Waals surface area (Å²) in [5, 5.41) is 0.672. The molecule has 1 aromatic carbocycles. The molecule has 1 saturated heterocycles. The number of nitrogens with one attached hydrogen (secondary N) is 1. The van der Waals surface area contributed by atoms with Crippen molar-refractivity contribution >= 4 is 35.2 Å². The quantitative estimate of drug-likeness (QED) is 0.894. The molecular formula is C16H16ClN3O2S. The molecule has 1 aromatic heterocycles. The Morgan fingerprint density at radius 2 is 2.04 bits per heavy atom. The van der Waals surface area contributed by atoms with Gasteiger partial charge in [-0.15, -0.1) is 0 Å². The van der Waals surface area contributed by atoms with Crippen molar-refractivity contribution in [3.8, 4) is 0 Å². The number of nitrogens with two attached hydrogens (primary N) is 1. The van der Waals surface area contributed by atoms with Gasteiger partial charge in [0.05, 0.1) is 11.6 Å². The van der Waals surface area contributed by atoms with Gasteiger partial charge in [-0.25, -0.2) is 0 Å². The van der Waals surface area contributed by atoms with E-state index in [9.17, 15) is 9.59 Å². The number of nitrogens with zero attached hydrogens (tertiary/aromatic N) is 1. The Labute approximate surface area is 143 Å². The second-order valence-corrected chi connectivity index (χ2v) is 6.89. The Bertz CT molecular complexity index is 729. The van der Waals surface area contributed by atoms with Crippen LogP contribution in [0.4, 0.5) is 0 Å². The monoisotopic (exact) mass is 349 g/mol. The second-order valence-electron chi connectivity index (χ2n) is 5.31. The average Bonchev–Trinajstić information content (AvgIpc) is 3.05. The Hall–Kier alpha value is -1.92. The maximum Gasteiger partial charge on any atom is 0.270 e. The van der Waals surface area contributed by atoms with Gasteiger partial charge in [-0.2, -0.15) is 11.8 Å². The lowest BCUT2D eigenvalue weighted by Crippen LogP contribution is -2.40. The molecule has 0 unspecified atom stereocenters. The fourth-order valence-corrected chi connectivity index (χ4v) is 3.84. The minimum atomic E-state index is -0.552. The number of carbonyl (C=O) groups is 2. The Kier molecular flexibility index (Phi) is 4.63. The fraction of sp³-hybridized carbons (Fsp3) is 0.250. The molecule has 3 N–H and O–H groups in total. The first-order valence-electron chi connectivity index (χ1n) is 7.18. The number of primary amides is 1. The number of thioether (sulfide) groups is 1. The third-order valence-electron chi connectivity index (χ3n) is 3.84. The third-order valence-corrected chi connectivity index (χ3v) is 5.12. The summed E-state index contributed by atoms with van der Waals surface area (Å²) in [5.41, 5.74) is 6.98. The third kappa shape index (κ3) is 3.38. The van der Waals surface area contributed by atoms with Gasteiger partial charge in [-0.3, -0.25) is 9.59 Å². The zero-order valence-electron chi connectivity index (χ0n) is 12.3. The van der Waals surface area contributed by atoms with Gasteiger partial charge < -0.3 is 15.6 Å². The SMILES string of the molecule is NC(=O)c1c[nH]c(C(=O)N2CCSC[C@@H]2c2ccc(Cl)cc2)c1. The maximum atomic E-state index is 12.8. The van der Waals surface area contributed by atoms with Crippen LogP contribution in [0.5, 0.6) is 0 Å². The molecule has 0 aliphatic carbocycles. The maximum absolute atomic E-state index is 12.8. The molecule has 2 amide bonds. The van der Waals surface area contributed by atoms with E-state index < -0.39 is 5.91 Å². The van der Waals surface area contributed by atoms with Gasteiger partial charge in [0, 0.05) is 29.3 Å². The summed E-state index contributed by atoms with van der Waals surface area (Å²) in [6.45, 7) is 0.654. The van der Waals surface area contributed by atoms with Gasteiger partial charge in [-0.1, -0.05) is 23.7 Å². The summed E-state index contributed by atoms with van der Waals surface area (Å²) < 4.78 is 0. The molecule has 1 fully saturated rings. The molecule has 1 atom stereocenters. The zero-order valence-corrected chi connectivity index (χ0v) is 13.9. The van der Waals surface area contributed by atoms with Crippen molar-refractivity contribution in [1.29, 1.82) is 0 Å². The lowest BCUT2D eigenvalue weighted by Gasteiger charge is -2.35. The lowest BCUT2D eigenvalue weighted by molar-refractivity contribution is 0.0696. The van der Waals surface area contributed by atoms with E-state index in [1.807, 2.05) is 40.9 Å². The van der Waals surface area contributed by atoms with Crippen molar-refractivity contribution in [1.82, 2.24) is 9.88 Å². The molecule has 2 heterocycles. The summed E-state index contributed by atoms with van der Waals surface area (Å²) in [6.07, 6.45) is 1.46. The highest BCUT2D eigenvalue weighted by atomic mass is 35.5. The van der Waals surface area contributed by atoms with Crippen LogP contribution in [0, 0.1) is 0 Å². The van der Waals surface area contributed by atoms with E-state index in [2.05, 4.69) is 4.98 Å². The number of aromatic amines is 1. The van der Waals surface area contributed by atoms with Crippen LogP contribution in [0.25, 0.3) is 0 Å². The van der Waals surface area contributed by atoms with Gasteiger partial charge in [0.1, 0.15) is 5.69 Å². The summed E-state index contributed by atoms with van der Waals surface area (Å²) in [7, 11) is 0. The molecule has 0 radical (unpaired) electrons. The van der Waals surface area contributed by atoms with Crippen LogP contribution in [0.15, 0.2) is 36.5 Å². The standard InChI is InChI=1S/C16H16ClN3O2S/c17-12-3-1-10(2-4-12)14-9-23-6-5-20(14)16(22)13-7-11(8-19-13)15(18)21/h1-4,7-8,14,19H,5-6,9H2,(H2,18,21)/t14-/m1/s1. The van der Waals surface area contributed by atoms with Gasteiger partial charge >= 0.3 is 0 Å². The van der Waals surface area contributed by atoms with Gasteiger partial charge in [0.25, 0.3) is 5.91 Å². The first-order valence-corrected chi connectivity index (χ1v) is 8.72. The minimum Gasteiger partial charge on any atom is -0.366 e. The van der Waals surface area contributed by atoms with E-state index in [4.69, 9.17) is 17.3 Å². The van der Waals surface area contributed by atoms with Gasteiger partial charge in [0.15, 0.2) is 0 Å². The van der Waals surface area contributed by atoms with Crippen molar-refractivity contribution in [3.05, 3.63) is 58.4 Å². The van der Waals surface area contributed by atoms with Crippen LogP contribution in [0.1, 0.15) is 32.5 Å². The van der Waals surface area contributed by atoms with E-state index in [0.717, 1.165) is 17.1 Å². The fourth-order valence-electron chi connectivity index (χ4n) is 2.62. The second kappa shape index (κ2) is 6.68. The van der Waals surface area contributed by atoms with Crippen molar-refractivity contribution in [3.63, 3.8) is 0 Å². The Balaban J connectivity index is 1.86. The van der Waals surface area contributed by atoms with Crippen LogP contribution >= 0.6 is 23.4 Å². The van der Waals surface area contributed by atoms with Crippen molar-refractivity contribution in [2.24, 2.45) is 5.73 Å². The summed E-state index contributed by atoms with van der Waals surface area (Å²) >= 11 is 7.76. The number of benzene rings is 1. The zero-order chi connectivity index (χ0) is 16.4. The highest BCUT2D eigenvalue weighted by Crippen LogP contribution is 2.31. The molecule has 2 aromatic rings. The average molecular weight is 350 g/mol. The molecule has 1 aliphatic heterocycles. The first-order chi connectivity index (χ1) is 11.1. The molecule has 23 heavy (non-hydrogen) atoms. The van der Waals surface area contributed by atoms with Crippen LogP contribution in [0.3, 0.4) is 0 Å². The molecule has 0 bridgehead atoms. The number of hydrogen-bond acceptors (Lipinski definition) is 3. The largest absolute Gasteiger partial charge is 0.366 e. The van der Waals surface area contributed by atoms with E-state index >= 15 is 0 Å². The molecule has 7 heteroatoms. The molecule has 1 aliphatic rings. The van der Waals surface area contributed by atoms with Crippen LogP contribution in [-0.4, -0.2) is 39.7 Å². The normalized spacial score (nSPS) is 18.0. The molecular weight excluding hydrogens is 334 g/mol. The first kappa shape index (κ1) is 16.0. The number of halogens is 1. The van der Waals surface area contributed by atoms with Crippen molar-refractivity contribution in [2.75, 3.05) is 18.1 Å². The van der Waals surface area contributed by atoms with E-state index in [-0.39, 0.29) is 11.9 Å². The predicted molar refractivity (Wildman–Crippen MR) is 91.9 cm³/mol. The van der Waals surface area contributed by atoms with Gasteiger partial charge in [0.2, 0.25) is 5.91 Å². The number of amides is 2. The van der Waals surface area contributed by atoms with Crippen LogP contribution in [-0.2, 0) is 0 Å². The van der Waals surface area contributed by atoms with Crippen LogP contribution in [0.2, 0.25) is 5.02 Å². The van der Waals surface area contributed by atoms with Crippen molar-refractivity contribution in [2.45, 2.75) is 6.04 Å². The molecule has 0 spiro atoms. The summed E-state index contributed by atoms with van der Waals surface area (Å²) in [5.74, 6) is 1.04. The smallest absolute Gasteiger partial charge is 0.270 e. The lowest BCUT2D eigenvalue weighted by atomic mass is 10.1. The number of aromatic nitrogens is 1. The highest BCUT2D eigenvalue weighted by Gasteiger charge is 2.29. The van der Waals surface area contributed by atoms with Gasteiger partial charge in [-0.05, 0) is 23.8 Å². The number of hydrogen-bond donors (Lipinski definition) is 2. The van der Waals surface area contributed by atoms with E-state index in [1.54, 1.807) is 0 Å². The molecule has 3 rings (SSSR count). The topological polar surface area (TPSA) is 79.2 Å². The molecule has 5 nitrogen and oxygen atoms in total. The van der Waals surface area contributed by atoms with Crippen LogP contribution < -0.4 is 5.73 Å². The summed E-state index contributed by atoms with van der Waals surface area (Å²) in [6, 6.07) is 9.05. The minimum absolute atomic E-state index is 0.0150. The number of rotatable bonds is 3.